The van der Waals surface area contributed by atoms with Crippen LogP contribution in [0.4, 0.5) is 0 Å². The maximum atomic E-state index is 5.90. The summed E-state index contributed by atoms with van der Waals surface area (Å²) < 4.78 is 0. The second-order valence-electron chi connectivity index (χ2n) is 4.27. The second kappa shape index (κ2) is 5.23. The Kier molecular flexibility index (Phi) is 4.23. The van der Waals surface area contributed by atoms with Crippen LogP contribution in [0.3, 0.4) is 0 Å². The first kappa shape index (κ1) is 11.3. The standard InChI is InChI=1S/C11H23N3/c1-4-13-11(12)14(3)10-8-6-5-7-9(10)2/h9-10H,4-8H2,1-3H3,(H2,12,13). The molecule has 82 valence electrons. The van der Waals surface area contributed by atoms with Crippen LogP contribution in [0.1, 0.15) is 39.5 Å². The van der Waals surface area contributed by atoms with Crippen molar-refractivity contribution < 1.29 is 0 Å². The first-order valence-electron chi connectivity index (χ1n) is 5.69. The summed E-state index contributed by atoms with van der Waals surface area (Å²) in [7, 11) is 2.07. The van der Waals surface area contributed by atoms with E-state index < -0.39 is 0 Å². The molecule has 0 aromatic carbocycles. The maximum absolute atomic E-state index is 5.90. The van der Waals surface area contributed by atoms with Crippen molar-refractivity contribution in [2.45, 2.75) is 45.6 Å². The van der Waals surface area contributed by atoms with E-state index in [1.165, 1.54) is 25.7 Å². The number of aliphatic imine (C=N–C) groups is 1. The predicted octanol–water partition coefficient (Wildman–Crippen LogP) is 1.83. The van der Waals surface area contributed by atoms with Gasteiger partial charge in [0.05, 0.1) is 0 Å². The molecule has 0 radical (unpaired) electrons. The van der Waals surface area contributed by atoms with Gasteiger partial charge in [0.25, 0.3) is 0 Å². The van der Waals surface area contributed by atoms with Crippen LogP contribution < -0.4 is 5.73 Å². The lowest BCUT2D eigenvalue weighted by Gasteiger charge is -2.36. The predicted molar refractivity (Wildman–Crippen MR) is 61.3 cm³/mol. The first-order valence-corrected chi connectivity index (χ1v) is 5.69. The van der Waals surface area contributed by atoms with Crippen LogP contribution in [0.25, 0.3) is 0 Å². The molecule has 2 atom stereocenters. The highest BCUT2D eigenvalue weighted by atomic mass is 15.3. The van der Waals surface area contributed by atoms with E-state index in [0.29, 0.717) is 12.0 Å². The summed E-state index contributed by atoms with van der Waals surface area (Å²) in [6.45, 7) is 5.11. The Morgan fingerprint density at radius 1 is 1.43 bits per heavy atom. The van der Waals surface area contributed by atoms with Gasteiger partial charge in [0.2, 0.25) is 0 Å². The van der Waals surface area contributed by atoms with Crippen molar-refractivity contribution in [3.05, 3.63) is 0 Å². The molecule has 0 saturated heterocycles. The van der Waals surface area contributed by atoms with Crippen molar-refractivity contribution in [3.63, 3.8) is 0 Å². The van der Waals surface area contributed by atoms with E-state index >= 15 is 0 Å². The van der Waals surface area contributed by atoms with Crippen molar-refractivity contribution in [2.75, 3.05) is 13.6 Å². The minimum absolute atomic E-state index is 0.596. The number of rotatable bonds is 2. The van der Waals surface area contributed by atoms with E-state index in [2.05, 4.69) is 23.9 Å². The fraction of sp³-hybridized carbons (Fsp3) is 0.909. The lowest BCUT2D eigenvalue weighted by Crippen LogP contribution is -2.46. The third-order valence-electron chi connectivity index (χ3n) is 3.25. The van der Waals surface area contributed by atoms with E-state index in [1.54, 1.807) is 0 Å². The molecule has 0 aromatic rings. The SMILES string of the molecule is CCN=C(N)N(C)C1CCCCC1C. The van der Waals surface area contributed by atoms with Crippen LogP contribution in [0.2, 0.25) is 0 Å². The molecule has 1 saturated carbocycles. The largest absolute Gasteiger partial charge is 0.370 e. The third-order valence-corrected chi connectivity index (χ3v) is 3.25. The van der Waals surface area contributed by atoms with Gasteiger partial charge in [0, 0.05) is 19.6 Å². The van der Waals surface area contributed by atoms with Gasteiger partial charge in [-0.1, -0.05) is 19.8 Å². The third kappa shape index (κ3) is 2.63. The number of nitrogens with two attached hydrogens (primary N) is 1. The lowest BCUT2D eigenvalue weighted by atomic mass is 9.85. The van der Waals surface area contributed by atoms with Gasteiger partial charge < -0.3 is 10.6 Å². The first-order chi connectivity index (χ1) is 6.66. The molecule has 0 heterocycles. The van der Waals surface area contributed by atoms with Gasteiger partial charge in [-0.2, -0.15) is 0 Å². The number of hydrogen-bond acceptors (Lipinski definition) is 1. The Labute approximate surface area is 87.4 Å². The van der Waals surface area contributed by atoms with Crippen molar-refractivity contribution in [2.24, 2.45) is 16.6 Å². The van der Waals surface area contributed by atoms with Crippen LogP contribution in [0.15, 0.2) is 4.99 Å². The molecule has 3 heteroatoms. The molecule has 1 rings (SSSR count). The highest BCUT2D eigenvalue weighted by Crippen LogP contribution is 2.27. The second-order valence-corrected chi connectivity index (χ2v) is 4.27. The van der Waals surface area contributed by atoms with Crippen LogP contribution in [0, 0.1) is 5.92 Å². The van der Waals surface area contributed by atoms with Crippen LogP contribution >= 0.6 is 0 Å². The topological polar surface area (TPSA) is 41.6 Å². The molecular weight excluding hydrogens is 174 g/mol. The maximum Gasteiger partial charge on any atom is 0.191 e. The Morgan fingerprint density at radius 3 is 2.64 bits per heavy atom. The van der Waals surface area contributed by atoms with Crippen LogP contribution in [0.5, 0.6) is 0 Å². The Hall–Kier alpha value is -0.730. The van der Waals surface area contributed by atoms with E-state index in [1.807, 2.05) is 6.92 Å². The monoisotopic (exact) mass is 197 g/mol. The number of hydrogen-bond donors (Lipinski definition) is 1. The van der Waals surface area contributed by atoms with Gasteiger partial charge in [0.15, 0.2) is 5.96 Å². The normalized spacial score (nSPS) is 28.9. The fourth-order valence-electron chi connectivity index (χ4n) is 2.32. The summed E-state index contributed by atoms with van der Waals surface area (Å²) in [6.07, 6.45) is 5.29. The highest BCUT2D eigenvalue weighted by molar-refractivity contribution is 5.78. The van der Waals surface area contributed by atoms with Gasteiger partial charge in [-0.15, -0.1) is 0 Å². The quantitative estimate of drug-likeness (QED) is 0.542. The molecule has 2 unspecified atom stereocenters. The smallest absolute Gasteiger partial charge is 0.191 e. The van der Waals surface area contributed by atoms with Crippen molar-refractivity contribution in [1.82, 2.24) is 4.90 Å². The summed E-state index contributed by atoms with van der Waals surface area (Å²) in [5.74, 6) is 1.45. The average molecular weight is 197 g/mol. The van der Waals surface area contributed by atoms with Gasteiger partial charge in [-0.25, -0.2) is 0 Å². The summed E-state index contributed by atoms with van der Waals surface area (Å²) in [4.78, 5) is 6.41. The molecule has 3 nitrogen and oxygen atoms in total. The summed E-state index contributed by atoms with van der Waals surface area (Å²) >= 11 is 0. The highest BCUT2D eigenvalue weighted by Gasteiger charge is 2.25. The molecule has 0 amide bonds. The zero-order valence-corrected chi connectivity index (χ0v) is 9.66. The molecular formula is C11H23N3. The zero-order chi connectivity index (χ0) is 10.6. The minimum atomic E-state index is 0.596. The van der Waals surface area contributed by atoms with Crippen molar-refractivity contribution in [3.8, 4) is 0 Å². The summed E-state index contributed by atoms with van der Waals surface area (Å²) in [6, 6.07) is 0.596. The molecule has 2 N–H and O–H groups in total. The number of nitrogens with zero attached hydrogens (tertiary/aromatic N) is 2. The average Bonchev–Trinajstić information content (AvgIpc) is 2.18. The summed E-state index contributed by atoms with van der Waals surface area (Å²) in [5.41, 5.74) is 5.90. The van der Waals surface area contributed by atoms with E-state index in [-0.39, 0.29) is 0 Å². The molecule has 0 aromatic heterocycles. The van der Waals surface area contributed by atoms with Crippen molar-refractivity contribution >= 4 is 5.96 Å². The zero-order valence-electron chi connectivity index (χ0n) is 9.66. The Morgan fingerprint density at radius 2 is 2.07 bits per heavy atom. The van der Waals surface area contributed by atoms with Gasteiger partial charge in [-0.05, 0) is 25.7 Å². The van der Waals surface area contributed by atoms with Gasteiger partial charge in [0.1, 0.15) is 0 Å². The summed E-state index contributed by atoms with van der Waals surface area (Å²) in [5, 5.41) is 0. The Balaban J connectivity index is 2.57. The lowest BCUT2D eigenvalue weighted by molar-refractivity contribution is 0.203. The molecule has 1 aliphatic rings. The molecule has 0 spiro atoms. The van der Waals surface area contributed by atoms with E-state index in [0.717, 1.165) is 12.5 Å². The number of guanidine groups is 1. The molecule has 14 heavy (non-hydrogen) atoms. The fourth-order valence-corrected chi connectivity index (χ4v) is 2.32. The molecule has 0 bridgehead atoms. The van der Waals surface area contributed by atoms with Crippen LogP contribution in [-0.2, 0) is 0 Å². The Bertz CT molecular complexity index is 201. The molecule has 1 aliphatic carbocycles. The van der Waals surface area contributed by atoms with Gasteiger partial charge in [-0.3, -0.25) is 4.99 Å². The van der Waals surface area contributed by atoms with E-state index in [9.17, 15) is 0 Å². The molecule has 1 fully saturated rings. The van der Waals surface area contributed by atoms with Gasteiger partial charge >= 0.3 is 0 Å². The molecule has 0 aliphatic heterocycles. The van der Waals surface area contributed by atoms with Crippen LogP contribution in [-0.4, -0.2) is 30.5 Å². The van der Waals surface area contributed by atoms with Crippen molar-refractivity contribution in [1.29, 1.82) is 0 Å². The van der Waals surface area contributed by atoms with E-state index in [4.69, 9.17) is 5.73 Å². The minimum Gasteiger partial charge on any atom is -0.370 e.